The Kier molecular flexibility index (Phi) is 10.1. The molecule has 1 amide bonds. The first kappa shape index (κ1) is 27.4. The summed E-state index contributed by atoms with van der Waals surface area (Å²) < 4.78 is 16.2. The van der Waals surface area contributed by atoms with Gasteiger partial charge in [0.2, 0.25) is 0 Å². The highest BCUT2D eigenvalue weighted by Gasteiger charge is 2.27. The molecule has 2 aromatic rings. The van der Waals surface area contributed by atoms with E-state index < -0.39 is 30.3 Å². The minimum absolute atomic E-state index is 0.128. The lowest BCUT2D eigenvalue weighted by Gasteiger charge is -2.23. The Hall–Kier alpha value is -3.19. The van der Waals surface area contributed by atoms with Gasteiger partial charge in [-0.1, -0.05) is 73.9 Å². The predicted molar refractivity (Wildman–Crippen MR) is 137 cm³/mol. The van der Waals surface area contributed by atoms with E-state index in [1.165, 1.54) is 37.7 Å². The summed E-state index contributed by atoms with van der Waals surface area (Å²) in [5.41, 5.74) is 1.93. The Morgan fingerprint density at radius 2 is 1.61 bits per heavy atom. The van der Waals surface area contributed by atoms with Crippen LogP contribution in [0.4, 0.5) is 4.79 Å². The molecule has 1 aliphatic carbocycles. The largest absolute Gasteiger partial charge is 0.456 e. The standard InChI is InChI=1S/C29H37NO6/c1-29(2,3)36-28(33)30-25(19-34-18-21-10-6-4-7-11-21)27(32)35-20-26(31)24-16-14-23(15-17-24)22-12-8-5-9-13-22/h4,6-7,10-11,14-17,22,25H,5,8-9,12-13,18-20H2,1-3H3,(H,30,33)/t25-/m0/s1. The summed E-state index contributed by atoms with van der Waals surface area (Å²) in [6.45, 7) is 4.88. The van der Waals surface area contributed by atoms with Crippen molar-refractivity contribution in [2.75, 3.05) is 13.2 Å². The minimum atomic E-state index is -1.12. The van der Waals surface area contributed by atoms with E-state index in [2.05, 4.69) is 5.32 Å². The first-order valence-electron chi connectivity index (χ1n) is 12.6. The number of ketones is 1. The Bertz CT molecular complexity index is 991. The lowest BCUT2D eigenvalue weighted by molar-refractivity contribution is -0.146. The number of esters is 1. The predicted octanol–water partition coefficient (Wildman–Crippen LogP) is 5.57. The first-order chi connectivity index (χ1) is 17.2. The molecule has 7 heteroatoms. The number of amides is 1. The number of carbonyl (C=O) groups excluding carboxylic acids is 3. The van der Waals surface area contributed by atoms with E-state index in [1.807, 2.05) is 42.5 Å². The van der Waals surface area contributed by atoms with Crippen molar-refractivity contribution in [2.45, 2.75) is 77.0 Å². The molecule has 0 aliphatic heterocycles. The van der Waals surface area contributed by atoms with Crippen LogP contribution in [0.1, 0.15) is 80.3 Å². The molecule has 0 radical (unpaired) electrons. The Morgan fingerprint density at radius 3 is 2.25 bits per heavy atom. The van der Waals surface area contributed by atoms with Crippen LogP contribution in [0, 0.1) is 0 Å². The van der Waals surface area contributed by atoms with Crippen LogP contribution >= 0.6 is 0 Å². The molecule has 7 nitrogen and oxygen atoms in total. The van der Waals surface area contributed by atoms with Gasteiger partial charge in [0.25, 0.3) is 0 Å². The van der Waals surface area contributed by atoms with Crippen LogP contribution in [0.15, 0.2) is 54.6 Å². The highest BCUT2D eigenvalue weighted by Crippen LogP contribution is 2.32. The van der Waals surface area contributed by atoms with Gasteiger partial charge < -0.3 is 19.5 Å². The summed E-state index contributed by atoms with van der Waals surface area (Å²) >= 11 is 0. The molecule has 194 valence electrons. The van der Waals surface area contributed by atoms with E-state index in [0.717, 1.165) is 5.56 Å². The smallest absolute Gasteiger partial charge is 0.408 e. The van der Waals surface area contributed by atoms with E-state index in [-0.39, 0.29) is 19.0 Å². The molecule has 1 saturated carbocycles. The minimum Gasteiger partial charge on any atom is -0.456 e. The van der Waals surface area contributed by atoms with E-state index >= 15 is 0 Å². The summed E-state index contributed by atoms with van der Waals surface area (Å²) in [7, 11) is 0. The molecule has 0 spiro atoms. The van der Waals surface area contributed by atoms with Crippen LogP contribution in [0.3, 0.4) is 0 Å². The number of rotatable bonds is 10. The van der Waals surface area contributed by atoms with Gasteiger partial charge in [0, 0.05) is 5.56 Å². The molecule has 1 aliphatic rings. The van der Waals surface area contributed by atoms with E-state index in [4.69, 9.17) is 14.2 Å². The average molecular weight is 496 g/mol. The number of carbonyl (C=O) groups is 3. The number of benzene rings is 2. The van der Waals surface area contributed by atoms with Gasteiger partial charge in [-0.15, -0.1) is 0 Å². The fourth-order valence-corrected chi connectivity index (χ4v) is 4.19. The molecule has 0 aromatic heterocycles. The first-order valence-corrected chi connectivity index (χ1v) is 12.6. The molecule has 3 rings (SSSR count). The molecule has 1 fully saturated rings. The van der Waals surface area contributed by atoms with Crippen LogP contribution in [0.25, 0.3) is 0 Å². The lowest BCUT2D eigenvalue weighted by Crippen LogP contribution is -2.47. The summed E-state index contributed by atoms with van der Waals surface area (Å²) in [6, 6.07) is 15.9. The molecule has 36 heavy (non-hydrogen) atoms. The lowest BCUT2D eigenvalue weighted by atomic mass is 9.84. The van der Waals surface area contributed by atoms with Crippen LogP contribution in [-0.2, 0) is 25.6 Å². The van der Waals surface area contributed by atoms with Crippen LogP contribution in [-0.4, -0.2) is 42.7 Å². The molecule has 0 saturated heterocycles. The normalized spacial score (nSPS) is 15.1. The van der Waals surface area contributed by atoms with E-state index in [1.54, 1.807) is 32.9 Å². The molecule has 0 heterocycles. The number of alkyl carbamates (subject to hydrolysis) is 1. The second kappa shape index (κ2) is 13.2. The highest BCUT2D eigenvalue weighted by molar-refractivity contribution is 5.98. The van der Waals surface area contributed by atoms with E-state index in [0.29, 0.717) is 11.5 Å². The Morgan fingerprint density at radius 1 is 0.944 bits per heavy atom. The average Bonchev–Trinajstić information content (AvgIpc) is 2.86. The quantitative estimate of drug-likeness (QED) is 0.342. The van der Waals surface area contributed by atoms with Crippen molar-refractivity contribution in [1.29, 1.82) is 0 Å². The number of hydrogen-bond donors (Lipinski definition) is 1. The summed E-state index contributed by atoms with van der Waals surface area (Å²) in [6.07, 6.45) is 5.38. The van der Waals surface area contributed by atoms with Crippen molar-refractivity contribution in [2.24, 2.45) is 0 Å². The topological polar surface area (TPSA) is 90.9 Å². The maximum absolute atomic E-state index is 12.8. The van der Waals surface area contributed by atoms with Gasteiger partial charge in [0.1, 0.15) is 5.60 Å². The third-order valence-corrected chi connectivity index (χ3v) is 6.03. The number of Topliss-reactive ketones (excluding diaryl/α,β-unsaturated/α-hetero) is 1. The van der Waals surface area contributed by atoms with Crippen molar-refractivity contribution < 1.29 is 28.6 Å². The van der Waals surface area contributed by atoms with Gasteiger partial charge in [0.15, 0.2) is 18.4 Å². The fourth-order valence-electron chi connectivity index (χ4n) is 4.19. The molecular formula is C29H37NO6. The molecule has 1 N–H and O–H groups in total. The summed E-state index contributed by atoms with van der Waals surface area (Å²) in [5.74, 6) is -0.517. The van der Waals surface area contributed by atoms with Gasteiger partial charge in [-0.3, -0.25) is 4.79 Å². The zero-order chi connectivity index (χ0) is 26.0. The van der Waals surface area contributed by atoms with Crippen molar-refractivity contribution in [3.8, 4) is 0 Å². The molecular weight excluding hydrogens is 458 g/mol. The fraction of sp³-hybridized carbons (Fsp3) is 0.483. The molecule has 0 bridgehead atoms. The number of hydrogen-bond acceptors (Lipinski definition) is 6. The number of nitrogens with one attached hydrogen (secondary N) is 1. The van der Waals surface area contributed by atoms with Crippen LogP contribution < -0.4 is 5.32 Å². The maximum Gasteiger partial charge on any atom is 0.408 e. The van der Waals surface area contributed by atoms with E-state index in [9.17, 15) is 14.4 Å². The van der Waals surface area contributed by atoms with Crippen molar-refractivity contribution in [1.82, 2.24) is 5.32 Å². The molecule has 1 atom stereocenters. The second-order valence-electron chi connectivity index (χ2n) is 10.2. The van der Waals surface area contributed by atoms with Crippen LogP contribution in [0.2, 0.25) is 0 Å². The Balaban J connectivity index is 1.55. The van der Waals surface area contributed by atoms with Gasteiger partial charge >= 0.3 is 12.1 Å². The highest BCUT2D eigenvalue weighted by atomic mass is 16.6. The SMILES string of the molecule is CC(C)(C)OC(=O)N[C@@H](COCc1ccccc1)C(=O)OCC(=O)c1ccc(C2CCCCC2)cc1. The third kappa shape index (κ3) is 9.11. The van der Waals surface area contributed by atoms with Gasteiger partial charge in [-0.2, -0.15) is 0 Å². The van der Waals surface area contributed by atoms with Gasteiger partial charge in [-0.25, -0.2) is 9.59 Å². The number of ether oxygens (including phenoxy) is 3. The maximum atomic E-state index is 12.8. The van der Waals surface area contributed by atoms with Crippen molar-refractivity contribution in [3.05, 3.63) is 71.3 Å². The summed E-state index contributed by atoms with van der Waals surface area (Å²) in [5, 5.41) is 2.49. The van der Waals surface area contributed by atoms with Crippen molar-refractivity contribution >= 4 is 17.8 Å². The molecule has 2 aromatic carbocycles. The van der Waals surface area contributed by atoms with Crippen molar-refractivity contribution in [3.63, 3.8) is 0 Å². The zero-order valence-corrected chi connectivity index (χ0v) is 21.5. The Labute approximate surface area is 213 Å². The summed E-state index contributed by atoms with van der Waals surface area (Å²) in [4.78, 5) is 37.7. The van der Waals surface area contributed by atoms with Gasteiger partial charge in [0.05, 0.1) is 13.2 Å². The monoisotopic (exact) mass is 495 g/mol. The third-order valence-electron chi connectivity index (χ3n) is 6.03. The zero-order valence-electron chi connectivity index (χ0n) is 21.5. The van der Waals surface area contributed by atoms with Gasteiger partial charge in [-0.05, 0) is 50.7 Å². The van der Waals surface area contributed by atoms with Crippen LogP contribution in [0.5, 0.6) is 0 Å². The molecule has 0 unspecified atom stereocenters. The second-order valence-corrected chi connectivity index (χ2v) is 10.2.